The molecule has 0 bridgehead atoms. The largest absolute Gasteiger partial charge is 0.476 e. The van der Waals surface area contributed by atoms with Crippen LogP contribution in [-0.4, -0.2) is 20.9 Å². The lowest BCUT2D eigenvalue weighted by molar-refractivity contribution is 0.0687. The van der Waals surface area contributed by atoms with Crippen molar-refractivity contribution < 1.29 is 9.90 Å². The highest BCUT2D eigenvalue weighted by molar-refractivity contribution is 9.10. The second-order valence-corrected chi connectivity index (χ2v) is 5.08. The number of nitrogens with zero attached hydrogens (tertiary/aromatic N) is 2. The zero-order valence-corrected chi connectivity index (χ0v) is 11.8. The van der Waals surface area contributed by atoms with E-state index in [2.05, 4.69) is 21.0 Å². The third-order valence-electron chi connectivity index (χ3n) is 2.42. The third kappa shape index (κ3) is 3.21. The van der Waals surface area contributed by atoms with Gasteiger partial charge < -0.3 is 5.11 Å². The number of hydrogen-bond acceptors (Lipinski definition) is 3. The van der Waals surface area contributed by atoms with E-state index in [1.165, 1.54) is 12.1 Å². The van der Waals surface area contributed by atoms with Gasteiger partial charge >= 0.3 is 5.97 Å². The van der Waals surface area contributed by atoms with Crippen LogP contribution in [0.1, 0.15) is 16.1 Å². The highest BCUT2D eigenvalue weighted by atomic mass is 79.9. The number of aromatic carboxylic acids is 1. The van der Waals surface area contributed by atoms with Crippen LogP contribution in [0.4, 0.5) is 0 Å². The molecule has 19 heavy (non-hydrogen) atoms. The predicted molar refractivity (Wildman–Crippen MR) is 73.7 cm³/mol. The van der Waals surface area contributed by atoms with E-state index in [0.29, 0.717) is 10.6 Å². The van der Waals surface area contributed by atoms with Gasteiger partial charge in [-0.25, -0.2) is 9.48 Å². The fraction of sp³-hybridized carbons (Fsp3) is 0.0833. The third-order valence-corrected chi connectivity index (χ3v) is 3.27. The summed E-state index contributed by atoms with van der Waals surface area (Å²) in [6.07, 6.45) is 0. The van der Waals surface area contributed by atoms with Crippen molar-refractivity contribution in [3.05, 3.63) is 61.4 Å². The number of carbonyl (C=O) groups is 1. The molecule has 0 radical (unpaired) electrons. The summed E-state index contributed by atoms with van der Waals surface area (Å²) in [5.74, 6) is -1.18. The van der Waals surface area contributed by atoms with Crippen molar-refractivity contribution in [2.24, 2.45) is 0 Å². The van der Waals surface area contributed by atoms with Crippen LogP contribution in [0, 0.1) is 0 Å². The van der Waals surface area contributed by atoms with E-state index >= 15 is 0 Å². The molecule has 0 amide bonds. The van der Waals surface area contributed by atoms with Crippen LogP contribution < -0.4 is 5.56 Å². The van der Waals surface area contributed by atoms with Crippen LogP contribution >= 0.6 is 27.5 Å². The molecular formula is C12H8BrClN2O3. The van der Waals surface area contributed by atoms with Crippen LogP contribution in [0.5, 0.6) is 0 Å². The molecule has 0 saturated carbocycles. The zero-order chi connectivity index (χ0) is 14.0. The summed E-state index contributed by atoms with van der Waals surface area (Å²) in [6.45, 7) is 0.117. The lowest BCUT2D eigenvalue weighted by Gasteiger charge is -2.07. The molecule has 7 heteroatoms. The quantitative estimate of drug-likeness (QED) is 0.929. The summed E-state index contributed by atoms with van der Waals surface area (Å²) < 4.78 is 1.89. The van der Waals surface area contributed by atoms with Crippen molar-refractivity contribution in [1.29, 1.82) is 0 Å². The Labute approximate surface area is 121 Å². The summed E-state index contributed by atoms with van der Waals surface area (Å²) in [4.78, 5) is 22.5. The van der Waals surface area contributed by atoms with Gasteiger partial charge in [-0.15, -0.1) is 0 Å². The number of aromatic nitrogens is 2. The molecule has 98 valence electrons. The van der Waals surface area contributed by atoms with Crippen LogP contribution in [0.2, 0.25) is 5.02 Å². The van der Waals surface area contributed by atoms with E-state index in [4.69, 9.17) is 16.7 Å². The first kappa shape index (κ1) is 13.8. The Bertz CT molecular complexity index is 700. The minimum Gasteiger partial charge on any atom is -0.476 e. The summed E-state index contributed by atoms with van der Waals surface area (Å²) in [5, 5.41) is 13.1. The van der Waals surface area contributed by atoms with Gasteiger partial charge in [-0.1, -0.05) is 33.6 Å². The Morgan fingerprint density at radius 1 is 1.37 bits per heavy atom. The van der Waals surface area contributed by atoms with Gasteiger partial charge in [0, 0.05) is 15.6 Å². The molecule has 0 atom stereocenters. The topological polar surface area (TPSA) is 72.2 Å². The molecule has 0 aliphatic heterocycles. The second kappa shape index (κ2) is 5.54. The van der Waals surface area contributed by atoms with Crippen molar-refractivity contribution >= 4 is 33.5 Å². The highest BCUT2D eigenvalue weighted by Crippen LogP contribution is 2.21. The second-order valence-electron chi connectivity index (χ2n) is 3.76. The smallest absolute Gasteiger partial charge is 0.356 e. The summed E-state index contributed by atoms with van der Waals surface area (Å²) in [7, 11) is 0. The fourth-order valence-corrected chi connectivity index (χ4v) is 2.22. The van der Waals surface area contributed by atoms with Crippen molar-refractivity contribution in [2.45, 2.75) is 6.54 Å². The lowest BCUT2D eigenvalue weighted by atomic mass is 10.2. The standard InChI is InChI=1S/C12H8BrClN2O3/c13-8-2-1-7(9(14)5-8)6-16-11(17)4-3-10(15-16)12(18)19/h1-5H,6H2,(H,18,19). The van der Waals surface area contributed by atoms with E-state index in [0.717, 1.165) is 9.15 Å². The van der Waals surface area contributed by atoms with Crippen LogP contribution in [-0.2, 0) is 6.54 Å². The molecule has 0 spiro atoms. The number of rotatable bonds is 3. The first-order valence-corrected chi connectivity index (χ1v) is 6.40. The molecule has 2 aromatic rings. The molecule has 1 heterocycles. The number of hydrogen-bond donors (Lipinski definition) is 1. The Kier molecular flexibility index (Phi) is 4.01. The van der Waals surface area contributed by atoms with Crippen LogP contribution in [0.25, 0.3) is 0 Å². The number of halogens is 2. The first-order chi connectivity index (χ1) is 8.97. The Balaban J connectivity index is 2.40. The summed E-state index contributed by atoms with van der Waals surface area (Å²) in [6, 6.07) is 7.57. The van der Waals surface area contributed by atoms with E-state index < -0.39 is 5.97 Å². The minimum absolute atomic E-state index is 0.117. The number of benzene rings is 1. The van der Waals surface area contributed by atoms with E-state index in [-0.39, 0.29) is 17.8 Å². The zero-order valence-electron chi connectivity index (χ0n) is 9.51. The molecule has 0 saturated heterocycles. The van der Waals surface area contributed by atoms with Crippen molar-refractivity contribution in [2.75, 3.05) is 0 Å². The summed E-state index contributed by atoms with van der Waals surface area (Å²) >= 11 is 9.33. The predicted octanol–water partition coefficient (Wildman–Crippen LogP) is 2.41. The van der Waals surface area contributed by atoms with Gasteiger partial charge in [-0.2, -0.15) is 5.10 Å². The maximum absolute atomic E-state index is 11.6. The van der Waals surface area contributed by atoms with E-state index in [1.54, 1.807) is 18.2 Å². The molecule has 2 rings (SSSR count). The van der Waals surface area contributed by atoms with E-state index in [9.17, 15) is 9.59 Å². The molecule has 5 nitrogen and oxygen atoms in total. The highest BCUT2D eigenvalue weighted by Gasteiger charge is 2.09. The van der Waals surface area contributed by atoms with Crippen molar-refractivity contribution in [3.63, 3.8) is 0 Å². The summed E-state index contributed by atoms with van der Waals surface area (Å²) in [5.41, 5.74) is 0.110. The Morgan fingerprint density at radius 2 is 2.11 bits per heavy atom. The lowest BCUT2D eigenvalue weighted by Crippen LogP contribution is -2.25. The average Bonchev–Trinajstić information content (AvgIpc) is 2.34. The number of carboxylic acids is 1. The molecule has 0 unspecified atom stereocenters. The molecular weight excluding hydrogens is 336 g/mol. The molecule has 0 fully saturated rings. The molecule has 1 N–H and O–H groups in total. The molecule has 1 aromatic carbocycles. The van der Waals surface area contributed by atoms with Crippen LogP contribution in [0.3, 0.4) is 0 Å². The van der Waals surface area contributed by atoms with E-state index in [1.807, 2.05) is 0 Å². The number of carboxylic acid groups (broad SMARTS) is 1. The Morgan fingerprint density at radius 3 is 2.74 bits per heavy atom. The van der Waals surface area contributed by atoms with Crippen molar-refractivity contribution in [1.82, 2.24) is 9.78 Å². The SMILES string of the molecule is O=C(O)c1ccc(=O)n(Cc2ccc(Br)cc2Cl)n1. The molecule has 0 aliphatic carbocycles. The fourth-order valence-electron chi connectivity index (χ4n) is 1.49. The van der Waals surface area contributed by atoms with Gasteiger partial charge in [0.15, 0.2) is 5.69 Å². The van der Waals surface area contributed by atoms with Gasteiger partial charge in [0.1, 0.15) is 0 Å². The van der Waals surface area contributed by atoms with Crippen molar-refractivity contribution in [3.8, 4) is 0 Å². The molecule has 1 aromatic heterocycles. The minimum atomic E-state index is -1.18. The maximum atomic E-state index is 11.6. The van der Waals surface area contributed by atoms with Gasteiger partial charge in [0.2, 0.25) is 0 Å². The normalized spacial score (nSPS) is 10.4. The monoisotopic (exact) mass is 342 g/mol. The van der Waals surface area contributed by atoms with Gasteiger partial charge in [-0.05, 0) is 23.8 Å². The van der Waals surface area contributed by atoms with Gasteiger partial charge in [0.25, 0.3) is 5.56 Å². The van der Waals surface area contributed by atoms with Crippen LogP contribution in [0.15, 0.2) is 39.6 Å². The molecule has 0 aliphatic rings. The van der Waals surface area contributed by atoms with Gasteiger partial charge in [-0.3, -0.25) is 4.79 Å². The maximum Gasteiger partial charge on any atom is 0.356 e. The Hall–Kier alpha value is -1.66. The average molecular weight is 344 g/mol. The first-order valence-electron chi connectivity index (χ1n) is 5.23. The van der Waals surface area contributed by atoms with Gasteiger partial charge in [0.05, 0.1) is 6.54 Å².